The van der Waals surface area contributed by atoms with Gasteiger partial charge < -0.3 is 0 Å². The van der Waals surface area contributed by atoms with Crippen molar-refractivity contribution in [1.82, 2.24) is 14.6 Å². The second-order valence-corrected chi connectivity index (χ2v) is 6.08. The number of rotatable bonds is 0. The van der Waals surface area contributed by atoms with Crippen LogP contribution >= 0.6 is 11.3 Å². The molecule has 0 N–H and O–H groups in total. The normalized spacial score (nSPS) is 19.1. The minimum Gasteiger partial charge on any atom is -0.222 e. The van der Waals surface area contributed by atoms with E-state index in [-0.39, 0.29) is 0 Å². The molecule has 0 aliphatic heterocycles. The van der Waals surface area contributed by atoms with Crippen LogP contribution in [-0.4, -0.2) is 14.6 Å². The molecule has 0 radical (unpaired) electrons. The average Bonchev–Trinajstić information content (AvgIpc) is 2.91. The maximum atomic E-state index is 4.76. The van der Waals surface area contributed by atoms with E-state index >= 15 is 0 Å². The monoisotopic (exact) mass is 263 g/mol. The van der Waals surface area contributed by atoms with Gasteiger partial charge in [0.1, 0.15) is 5.51 Å². The summed E-state index contributed by atoms with van der Waals surface area (Å²) in [6.07, 6.45) is 13.2. The molecule has 0 unspecified atom stereocenters. The van der Waals surface area contributed by atoms with Gasteiger partial charge in [-0.3, -0.25) is 0 Å². The number of hydrogen-bond acceptors (Lipinski definition) is 3. The van der Waals surface area contributed by atoms with Crippen LogP contribution in [0, 0.1) is 0 Å². The Bertz CT molecular complexity index is 500. The number of aryl methyl sites for hydroxylation is 2. The number of aromatic nitrogens is 3. The third-order valence-corrected chi connectivity index (χ3v) is 4.57. The van der Waals surface area contributed by atoms with Gasteiger partial charge in [0.25, 0.3) is 0 Å². The van der Waals surface area contributed by atoms with E-state index in [4.69, 9.17) is 4.98 Å². The van der Waals surface area contributed by atoms with E-state index in [9.17, 15) is 0 Å². The third kappa shape index (κ3) is 2.58. The second-order valence-electron chi connectivity index (χ2n) is 5.27. The lowest BCUT2D eigenvalue weighted by Gasteiger charge is -2.07. The van der Waals surface area contributed by atoms with Crippen molar-refractivity contribution in [2.75, 3.05) is 0 Å². The third-order valence-electron chi connectivity index (χ3n) is 3.90. The van der Waals surface area contributed by atoms with Crippen LogP contribution in [0.3, 0.4) is 0 Å². The first kappa shape index (κ1) is 12.2. The summed E-state index contributed by atoms with van der Waals surface area (Å²) in [5, 5.41) is 4.43. The van der Waals surface area contributed by atoms with E-state index in [1.165, 1.54) is 62.8 Å². The molecule has 0 atom stereocenters. The summed E-state index contributed by atoms with van der Waals surface area (Å²) < 4.78 is 2.08. The van der Waals surface area contributed by atoms with Crippen molar-refractivity contribution < 1.29 is 0 Å². The highest BCUT2D eigenvalue weighted by atomic mass is 32.1. The molecule has 2 aromatic rings. The van der Waals surface area contributed by atoms with Gasteiger partial charge in [0.2, 0.25) is 4.96 Å². The molecule has 0 spiro atoms. The van der Waals surface area contributed by atoms with Crippen LogP contribution in [0.4, 0.5) is 0 Å². The lowest BCUT2D eigenvalue weighted by molar-refractivity contribution is 0.554. The molecule has 3 rings (SSSR count). The van der Waals surface area contributed by atoms with Crippen LogP contribution in [0.25, 0.3) is 4.96 Å². The molecule has 3 nitrogen and oxygen atoms in total. The summed E-state index contributed by atoms with van der Waals surface area (Å²) in [5.74, 6) is 0. The Labute approximate surface area is 112 Å². The predicted molar refractivity (Wildman–Crippen MR) is 75.2 cm³/mol. The second kappa shape index (κ2) is 5.83. The van der Waals surface area contributed by atoms with Crippen LogP contribution in [0.2, 0.25) is 0 Å². The van der Waals surface area contributed by atoms with E-state index < -0.39 is 0 Å². The van der Waals surface area contributed by atoms with E-state index in [1.54, 1.807) is 11.3 Å². The lowest BCUT2D eigenvalue weighted by Crippen LogP contribution is -2.00. The minimum absolute atomic E-state index is 1.08. The molecule has 1 aliphatic rings. The molecular weight excluding hydrogens is 242 g/mol. The van der Waals surface area contributed by atoms with E-state index in [0.717, 1.165) is 17.8 Å². The number of nitrogens with zero attached hydrogens (tertiary/aromatic N) is 3. The van der Waals surface area contributed by atoms with Gasteiger partial charge in [-0.2, -0.15) is 5.10 Å². The Morgan fingerprint density at radius 2 is 1.56 bits per heavy atom. The minimum atomic E-state index is 1.08. The summed E-state index contributed by atoms with van der Waals surface area (Å²) in [6.45, 7) is 0. The molecule has 4 heteroatoms. The summed E-state index contributed by atoms with van der Waals surface area (Å²) in [4.78, 5) is 5.84. The molecule has 2 aromatic heterocycles. The Kier molecular flexibility index (Phi) is 3.93. The first-order valence-electron chi connectivity index (χ1n) is 7.25. The summed E-state index contributed by atoms with van der Waals surface area (Å²) >= 11 is 1.65. The molecule has 1 aliphatic carbocycles. The maximum absolute atomic E-state index is 4.76. The van der Waals surface area contributed by atoms with E-state index in [2.05, 4.69) is 9.61 Å². The Morgan fingerprint density at radius 3 is 2.33 bits per heavy atom. The molecule has 0 bridgehead atoms. The Morgan fingerprint density at radius 1 is 0.889 bits per heavy atom. The van der Waals surface area contributed by atoms with Gasteiger partial charge in [0.05, 0.1) is 11.4 Å². The SMILES string of the molecule is c1nn2c3c(nc2s1)CCCCCCCCCC3. The largest absolute Gasteiger partial charge is 0.222 e. The predicted octanol–water partition coefficient (Wildman–Crippen LogP) is 4.01. The maximum Gasteiger partial charge on any atom is 0.212 e. The van der Waals surface area contributed by atoms with Gasteiger partial charge in [0.15, 0.2) is 0 Å². The highest BCUT2D eigenvalue weighted by Crippen LogP contribution is 2.21. The zero-order valence-electron chi connectivity index (χ0n) is 10.9. The molecule has 98 valence electrons. The topological polar surface area (TPSA) is 30.2 Å². The molecule has 0 amide bonds. The highest BCUT2D eigenvalue weighted by Gasteiger charge is 2.13. The smallest absolute Gasteiger partial charge is 0.212 e. The van der Waals surface area contributed by atoms with Gasteiger partial charge in [-0.15, -0.1) is 0 Å². The lowest BCUT2D eigenvalue weighted by atomic mass is 10.0. The summed E-state index contributed by atoms with van der Waals surface area (Å²) in [5.41, 5.74) is 4.60. The van der Waals surface area contributed by atoms with E-state index in [0.29, 0.717) is 0 Å². The van der Waals surface area contributed by atoms with E-state index in [1.807, 2.05) is 5.51 Å². The molecule has 18 heavy (non-hydrogen) atoms. The fourth-order valence-electron chi connectivity index (χ4n) is 2.87. The van der Waals surface area contributed by atoms with Crippen LogP contribution in [0.1, 0.15) is 62.8 Å². The standard InChI is InChI=1S/C14H21N3S/c1-2-4-6-8-10-13-12(9-7-5-3-1)16-14-17(13)15-11-18-14/h11H,1-10H2. The van der Waals surface area contributed by atoms with Gasteiger partial charge >= 0.3 is 0 Å². The number of fused-ring (bicyclic) bond motifs is 3. The number of imidazole rings is 1. The van der Waals surface area contributed by atoms with Crippen LogP contribution in [-0.2, 0) is 12.8 Å². The Balaban J connectivity index is 1.82. The van der Waals surface area contributed by atoms with Gasteiger partial charge in [0, 0.05) is 0 Å². The zero-order valence-corrected chi connectivity index (χ0v) is 11.7. The highest BCUT2D eigenvalue weighted by molar-refractivity contribution is 7.14. The quantitative estimate of drug-likeness (QED) is 0.719. The van der Waals surface area contributed by atoms with Crippen molar-refractivity contribution in [3.63, 3.8) is 0 Å². The Hall–Kier alpha value is -0.900. The fraction of sp³-hybridized carbons (Fsp3) is 0.714. The first-order valence-corrected chi connectivity index (χ1v) is 8.13. The molecule has 0 aromatic carbocycles. The first-order chi connectivity index (χ1) is 8.95. The fourth-order valence-corrected chi connectivity index (χ4v) is 3.53. The molecule has 0 saturated carbocycles. The van der Waals surface area contributed by atoms with Crippen molar-refractivity contribution in [2.24, 2.45) is 0 Å². The van der Waals surface area contributed by atoms with Gasteiger partial charge in [-0.25, -0.2) is 9.50 Å². The summed E-state index contributed by atoms with van der Waals surface area (Å²) in [7, 11) is 0. The molecule has 0 saturated heterocycles. The summed E-state index contributed by atoms with van der Waals surface area (Å²) in [6, 6.07) is 0. The zero-order chi connectivity index (χ0) is 12.2. The van der Waals surface area contributed by atoms with Crippen molar-refractivity contribution in [1.29, 1.82) is 0 Å². The number of hydrogen-bond donors (Lipinski definition) is 0. The van der Waals surface area contributed by atoms with Crippen LogP contribution in [0.15, 0.2) is 5.51 Å². The van der Waals surface area contributed by atoms with Crippen molar-refractivity contribution >= 4 is 16.3 Å². The van der Waals surface area contributed by atoms with Crippen molar-refractivity contribution in [3.8, 4) is 0 Å². The van der Waals surface area contributed by atoms with Crippen molar-refractivity contribution in [3.05, 3.63) is 16.9 Å². The van der Waals surface area contributed by atoms with Crippen molar-refractivity contribution in [2.45, 2.75) is 64.2 Å². The van der Waals surface area contributed by atoms with Crippen LogP contribution in [0.5, 0.6) is 0 Å². The van der Waals surface area contributed by atoms with Gasteiger partial charge in [-0.1, -0.05) is 49.9 Å². The molecule has 2 heterocycles. The van der Waals surface area contributed by atoms with Crippen LogP contribution < -0.4 is 0 Å². The molecular formula is C14H21N3S. The average molecular weight is 263 g/mol. The molecule has 0 fully saturated rings. The van der Waals surface area contributed by atoms with Gasteiger partial charge in [-0.05, 0) is 25.7 Å².